The lowest BCUT2D eigenvalue weighted by Crippen LogP contribution is -2.48. The van der Waals surface area contributed by atoms with Crippen molar-refractivity contribution in [1.82, 2.24) is 4.72 Å². The summed E-state index contributed by atoms with van der Waals surface area (Å²) in [5, 5.41) is -0.588. The number of hydrogen-bond acceptors (Lipinski definition) is 5. The molecule has 17 heavy (non-hydrogen) atoms. The summed E-state index contributed by atoms with van der Waals surface area (Å²) < 4.78 is 49.2. The Hall–Kier alpha value is -0.180. The molecule has 0 atom stereocenters. The largest absolute Gasteiger partial charge is 0.329 e. The third-order valence-electron chi connectivity index (χ3n) is 3.54. The average Bonchev–Trinajstić information content (AvgIpc) is 2.97. The van der Waals surface area contributed by atoms with Gasteiger partial charge in [0, 0.05) is 12.1 Å². The van der Waals surface area contributed by atoms with Gasteiger partial charge in [0.15, 0.2) is 0 Å². The summed E-state index contributed by atoms with van der Waals surface area (Å²) in [4.78, 5) is 0. The lowest BCUT2D eigenvalue weighted by Gasteiger charge is -2.25. The lowest BCUT2D eigenvalue weighted by atomic mass is 10.2. The van der Waals surface area contributed by atoms with E-state index in [9.17, 15) is 16.8 Å². The maximum absolute atomic E-state index is 12.0. The van der Waals surface area contributed by atoms with Gasteiger partial charge in [-0.2, -0.15) is 0 Å². The zero-order chi connectivity index (χ0) is 12.7. The van der Waals surface area contributed by atoms with E-state index < -0.39 is 30.6 Å². The summed E-state index contributed by atoms with van der Waals surface area (Å²) in [6.45, 7) is 0.303. The van der Waals surface area contributed by atoms with Crippen LogP contribution in [0.5, 0.6) is 0 Å². The molecule has 0 unspecified atom stereocenters. The highest BCUT2D eigenvalue weighted by Gasteiger charge is 2.46. The predicted octanol–water partition coefficient (Wildman–Crippen LogP) is -1.03. The van der Waals surface area contributed by atoms with Crippen molar-refractivity contribution in [3.05, 3.63) is 0 Å². The standard InChI is InChI=1S/C9H18N2O4S2/c10-7-9(3-4-9)11-17(14,15)8-1-5-16(12,13)6-2-8/h8,11H,1-7,10H2. The monoisotopic (exact) mass is 282 g/mol. The Balaban J connectivity index is 2.02. The molecule has 0 aromatic heterocycles. The van der Waals surface area contributed by atoms with Gasteiger partial charge < -0.3 is 5.73 Å². The van der Waals surface area contributed by atoms with Crippen molar-refractivity contribution >= 4 is 19.9 Å². The van der Waals surface area contributed by atoms with Crippen LogP contribution in [0.1, 0.15) is 25.7 Å². The van der Waals surface area contributed by atoms with E-state index in [1.165, 1.54) is 0 Å². The summed E-state index contributed by atoms with van der Waals surface area (Å²) in [5.74, 6) is -0.0671. The van der Waals surface area contributed by atoms with Gasteiger partial charge in [-0.25, -0.2) is 21.6 Å². The molecule has 100 valence electrons. The lowest BCUT2D eigenvalue weighted by molar-refractivity contribution is 0.518. The summed E-state index contributed by atoms with van der Waals surface area (Å²) in [6.07, 6.45) is 1.93. The second kappa shape index (κ2) is 4.18. The smallest absolute Gasteiger partial charge is 0.215 e. The summed E-state index contributed by atoms with van der Waals surface area (Å²) >= 11 is 0. The fraction of sp³-hybridized carbons (Fsp3) is 1.00. The Morgan fingerprint density at radius 3 is 2.18 bits per heavy atom. The van der Waals surface area contributed by atoms with Gasteiger partial charge in [0.05, 0.1) is 16.8 Å². The van der Waals surface area contributed by atoms with E-state index in [4.69, 9.17) is 5.73 Å². The highest BCUT2D eigenvalue weighted by atomic mass is 32.2. The van der Waals surface area contributed by atoms with Crippen LogP contribution in [0.25, 0.3) is 0 Å². The van der Waals surface area contributed by atoms with Crippen molar-refractivity contribution in [2.24, 2.45) is 5.73 Å². The fourth-order valence-electron chi connectivity index (χ4n) is 2.06. The van der Waals surface area contributed by atoms with Crippen LogP contribution in [0.15, 0.2) is 0 Å². The van der Waals surface area contributed by atoms with Crippen LogP contribution in [0, 0.1) is 0 Å². The van der Waals surface area contributed by atoms with Crippen LogP contribution < -0.4 is 10.5 Å². The molecule has 2 rings (SSSR count). The molecule has 2 fully saturated rings. The molecular formula is C9H18N2O4S2. The summed E-state index contributed by atoms with van der Waals surface area (Å²) in [5.41, 5.74) is 5.08. The Kier molecular flexibility index (Phi) is 3.26. The third-order valence-corrected chi connectivity index (χ3v) is 7.33. The maximum Gasteiger partial charge on any atom is 0.215 e. The zero-order valence-electron chi connectivity index (χ0n) is 9.55. The van der Waals surface area contributed by atoms with E-state index in [0.29, 0.717) is 6.54 Å². The molecule has 2 aliphatic rings. The minimum atomic E-state index is -3.44. The first-order valence-corrected chi connectivity index (χ1v) is 9.09. The van der Waals surface area contributed by atoms with Crippen molar-refractivity contribution in [3.63, 3.8) is 0 Å². The van der Waals surface area contributed by atoms with Crippen LogP contribution in [0.4, 0.5) is 0 Å². The van der Waals surface area contributed by atoms with Crippen LogP contribution in [-0.4, -0.2) is 45.7 Å². The SMILES string of the molecule is NCC1(NS(=O)(=O)C2CCS(=O)(=O)CC2)CC1. The van der Waals surface area contributed by atoms with Gasteiger partial charge >= 0.3 is 0 Å². The van der Waals surface area contributed by atoms with Crippen LogP contribution in [0.2, 0.25) is 0 Å². The summed E-state index contributed by atoms with van der Waals surface area (Å²) in [7, 11) is -6.46. The molecule has 0 aromatic carbocycles. The van der Waals surface area contributed by atoms with E-state index >= 15 is 0 Å². The first-order valence-electron chi connectivity index (χ1n) is 5.72. The van der Waals surface area contributed by atoms with Crippen molar-refractivity contribution in [2.75, 3.05) is 18.1 Å². The normalized spacial score (nSPS) is 27.8. The van der Waals surface area contributed by atoms with E-state index in [2.05, 4.69) is 4.72 Å². The van der Waals surface area contributed by atoms with Gasteiger partial charge in [0.2, 0.25) is 10.0 Å². The first-order chi connectivity index (χ1) is 7.79. The number of hydrogen-bond donors (Lipinski definition) is 2. The minimum Gasteiger partial charge on any atom is -0.329 e. The van der Waals surface area contributed by atoms with Crippen LogP contribution >= 0.6 is 0 Å². The number of nitrogens with two attached hydrogens (primary N) is 1. The highest BCUT2D eigenvalue weighted by Crippen LogP contribution is 2.35. The molecule has 6 nitrogen and oxygen atoms in total. The summed E-state index contributed by atoms with van der Waals surface area (Å²) in [6, 6.07) is 0. The van der Waals surface area contributed by atoms with E-state index in [-0.39, 0.29) is 24.3 Å². The molecule has 1 aliphatic carbocycles. The topological polar surface area (TPSA) is 106 Å². The van der Waals surface area contributed by atoms with Crippen molar-refractivity contribution in [2.45, 2.75) is 36.5 Å². The van der Waals surface area contributed by atoms with Crippen molar-refractivity contribution in [1.29, 1.82) is 0 Å². The van der Waals surface area contributed by atoms with E-state index in [1.807, 2.05) is 0 Å². The Bertz CT molecular complexity index is 479. The fourth-order valence-corrected chi connectivity index (χ4v) is 5.77. The molecule has 0 radical (unpaired) electrons. The molecule has 3 N–H and O–H groups in total. The minimum absolute atomic E-state index is 0.0335. The molecule has 0 spiro atoms. The first kappa shape index (κ1) is 13.3. The molecule has 0 bridgehead atoms. The number of sulfone groups is 1. The molecule has 0 aromatic rings. The van der Waals surface area contributed by atoms with Crippen LogP contribution in [-0.2, 0) is 19.9 Å². The second-order valence-corrected chi connectivity index (χ2v) is 9.25. The number of nitrogens with one attached hydrogen (secondary N) is 1. The van der Waals surface area contributed by atoms with Gasteiger partial charge in [-0.15, -0.1) is 0 Å². The van der Waals surface area contributed by atoms with E-state index in [0.717, 1.165) is 12.8 Å². The van der Waals surface area contributed by atoms with E-state index in [1.54, 1.807) is 0 Å². The number of sulfonamides is 1. The van der Waals surface area contributed by atoms with Crippen LogP contribution in [0.3, 0.4) is 0 Å². The van der Waals surface area contributed by atoms with Crippen molar-refractivity contribution in [3.8, 4) is 0 Å². The molecule has 8 heteroatoms. The average molecular weight is 282 g/mol. The quantitative estimate of drug-likeness (QED) is 0.686. The molecule has 1 aliphatic heterocycles. The zero-order valence-corrected chi connectivity index (χ0v) is 11.2. The highest BCUT2D eigenvalue weighted by molar-refractivity contribution is 7.92. The van der Waals surface area contributed by atoms with Gasteiger partial charge in [-0.3, -0.25) is 0 Å². The van der Waals surface area contributed by atoms with Gasteiger partial charge in [-0.05, 0) is 25.7 Å². The van der Waals surface area contributed by atoms with Crippen molar-refractivity contribution < 1.29 is 16.8 Å². The Morgan fingerprint density at radius 1 is 1.24 bits per heavy atom. The molecule has 0 amide bonds. The molecule has 1 heterocycles. The molecule has 1 saturated heterocycles. The number of rotatable bonds is 4. The molecular weight excluding hydrogens is 264 g/mol. The van der Waals surface area contributed by atoms with Gasteiger partial charge in [0.1, 0.15) is 9.84 Å². The Morgan fingerprint density at radius 2 is 1.76 bits per heavy atom. The third kappa shape index (κ3) is 2.98. The van der Waals surface area contributed by atoms with Gasteiger partial charge in [0.25, 0.3) is 0 Å². The predicted molar refractivity (Wildman–Crippen MR) is 64.8 cm³/mol. The second-order valence-electron chi connectivity index (χ2n) is 4.98. The Labute approximate surface area is 102 Å². The van der Waals surface area contributed by atoms with Gasteiger partial charge in [-0.1, -0.05) is 0 Å². The maximum atomic E-state index is 12.0. The molecule has 1 saturated carbocycles.